The lowest BCUT2D eigenvalue weighted by atomic mass is 10.4. The monoisotopic (exact) mass is 216 g/mol. The van der Waals surface area contributed by atoms with Crippen LogP contribution in [0.5, 0.6) is 0 Å². The number of nitrogens with one attached hydrogen (secondary N) is 1. The maximum Gasteiger partial charge on any atom is 0.367 e. The van der Waals surface area contributed by atoms with Crippen molar-refractivity contribution in [3.8, 4) is 0 Å². The number of rotatable bonds is 2. The number of carbonyl (C=O) groups is 2. The van der Waals surface area contributed by atoms with Gasteiger partial charge >= 0.3 is 12.0 Å². The molecule has 0 bridgehead atoms. The van der Waals surface area contributed by atoms with Crippen LogP contribution >= 0.6 is 0 Å². The molecule has 0 aromatic rings. The first kappa shape index (κ1) is 13.4. The molecule has 1 aliphatic rings. The maximum atomic E-state index is 10.6. The molecule has 1 rings (SSSR count). The number of carbonyl (C=O) groups excluding carboxylic acids is 2. The Balaban J connectivity index is 0.000000265. The van der Waals surface area contributed by atoms with Gasteiger partial charge in [-0.15, -0.1) is 0 Å². The second kappa shape index (κ2) is 6.83. The van der Waals surface area contributed by atoms with Gasteiger partial charge in [-0.05, 0) is 13.8 Å². The Morgan fingerprint density at radius 1 is 1.73 bits per heavy atom. The summed E-state index contributed by atoms with van der Waals surface area (Å²) in [6.07, 6.45) is 0. The molecule has 6 heteroatoms. The summed E-state index contributed by atoms with van der Waals surface area (Å²) in [7, 11) is 0. The van der Waals surface area contributed by atoms with Crippen molar-refractivity contribution in [3.63, 3.8) is 0 Å². The average molecular weight is 216 g/mol. The summed E-state index contributed by atoms with van der Waals surface area (Å²) >= 11 is 0. The van der Waals surface area contributed by atoms with E-state index in [9.17, 15) is 9.59 Å². The van der Waals surface area contributed by atoms with Crippen LogP contribution in [0.1, 0.15) is 13.8 Å². The molecule has 0 aromatic heterocycles. The summed E-state index contributed by atoms with van der Waals surface area (Å²) < 4.78 is 0. The van der Waals surface area contributed by atoms with Gasteiger partial charge in [0.05, 0.1) is 0 Å². The highest BCUT2D eigenvalue weighted by Gasteiger charge is 2.15. The van der Waals surface area contributed by atoms with Crippen molar-refractivity contribution in [1.29, 1.82) is 0 Å². The zero-order valence-corrected chi connectivity index (χ0v) is 8.95. The molecule has 0 aromatic carbocycles. The van der Waals surface area contributed by atoms with E-state index in [4.69, 9.17) is 5.26 Å². The fraction of sp³-hybridized carbons (Fsp3) is 0.556. The van der Waals surface area contributed by atoms with E-state index in [1.54, 1.807) is 4.90 Å². The van der Waals surface area contributed by atoms with Gasteiger partial charge < -0.3 is 10.2 Å². The molecule has 0 radical (unpaired) electrons. The Labute approximate surface area is 88.4 Å². The number of amides is 2. The van der Waals surface area contributed by atoms with E-state index in [2.05, 4.69) is 16.8 Å². The fourth-order valence-electron chi connectivity index (χ4n) is 0.891. The van der Waals surface area contributed by atoms with Crippen molar-refractivity contribution >= 4 is 12.0 Å². The van der Waals surface area contributed by atoms with Crippen LogP contribution in [0.3, 0.4) is 0 Å². The van der Waals surface area contributed by atoms with E-state index in [1.165, 1.54) is 6.92 Å². The van der Waals surface area contributed by atoms with Gasteiger partial charge in [-0.2, -0.15) is 5.26 Å². The van der Waals surface area contributed by atoms with E-state index in [0.29, 0.717) is 0 Å². The molecule has 1 heterocycles. The summed E-state index contributed by atoms with van der Waals surface area (Å²) in [6, 6.07) is 0.0764. The Morgan fingerprint density at radius 3 is 2.47 bits per heavy atom. The molecule has 1 aliphatic heterocycles. The Bertz CT molecular complexity index is 252. The van der Waals surface area contributed by atoms with E-state index >= 15 is 0 Å². The van der Waals surface area contributed by atoms with Gasteiger partial charge in [-0.25, -0.2) is 9.59 Å². The number of nitrogens with zero attached hydrogens (tertiary/aromatic N) is 1. The molecular formula is C9H16N2O4. The topological polar surface area (TPSA) is 78.9 Å². The molecule has 2 amide bonds. The summed E-state index contributed by atoms with van der Waals surface area (Å²) in [5.74, 6) is -0.792. The molecule has 86 valence electrons. The first-order chi connectivity index (χ1) is 7.02. The van der Waals surface area contributed by atoms with Crippen LogP contribution in [0.4, 0.5) is 4.79 Å². The van der Waals surface area contributed by atoms with Gasteiger partial charge in [-0.1, -0.05) is 6.58 Å². The highest BCUT2D eigenvalue weighted by molar-refractivity contribution is 5.86. The van der Waals surface area contributed by atoms with Gasteiger partial charge in [0.2, 0.25) is 0 Å². The van der Waals surface area contributed by atoms with Gasteiger partial charge in [0.15, 0.2) is 0 Å². The van der Waals surface area contributed by atoms with Crippen molar-refractivity contribution in [2.45, 2.75) is 13.8 Å². The fourth-order valence-corrected chi connectivity index (χ4v) is 0.891. The van der Waals surface area contributed by atoms with Crippen LogP contribution in [0.25, 0.3) is 0 Å². The lowest BCUT2D eigenvalue weighted by Gasteiger charge is -2.08. The molecule has 6 nitrogen and oxygen atoms in total. The first-order valence-corrected chi connectivity index (χ1v) is 4.57. The lowest BCUT2D eigenvalue weighted by Crippen LogP contribution is -2.27. The number of urea groups is 1. The zero-order valence-electron chi connectivity index (χ0n) is 8.95. The average Bonchev–Trinajstić information content (AvgIpc) is 2.63. The van der Waals surface area contributed by atoms with Crippen LogP contribution in [0.15, 0.2) is 12.2 Å². The lowest BCUT2D eigenvalue weighted by molar-refractivity contribution is -0.229. The minimum absolute atomic E-state index is 0.0764. The van der Waals surface area contributed by atoms with Gasteiger partial charge in [0.1, 0.15) is 0 Å². The summed E-state index contributed by atoms with van der Waals surface area (Å²) in [5.41, 5.74) is 0.183. The number of hydrogen-bond donors (Lipinski definition) is 2. The minimum atomic E-state index is -0.792. The molecule has 0 unspecified atom stereocenters. The largest absolute Gasteiger partial charge is 0.367 e. The molecule has 0 aliphatic carbocycles. The molecule has 0 spiro atoms. The summed E-state index contributed by atoms with van der Waals surface area (Å²) in [5, 5.41) is 10.3. The third-order valence-electron chi connectivity index (χ3n) is 1.76. The first-order valence-electron chi connectivity index (χ1n) is 4.57. The third kappa shape index (κ3) is 5.02. The van der Waals surface area contributed by atoms with Crippen LogP contribution in [0, 0.1) is 0 Å². The van der Waals surface area contributed by atoms with E-state index in [0.717, 1.165) is 19.6 Å². The highest BCUT2D eigenvalue weighted by Crippen LogP contribution is 1.93. The predicted octanol–water partition coefficient (Wildman–Crippen LogP) is 0.610. The number of hydrogen-bond acceptors (Lipinski definition) is 4. The van der Waals surface area contributed by atoms with Crippen molar-refractivity contribution in [2.75, 3.05) is 19.6 Å². The van der Waals surface area contributed by atoms with Crippen molar-refractivity contribution < 1.29 is 19.7 Å². The normalized spacial score (nSPS) is 13.8. The van der Waals surface area contributed by atoms with Crippen LogP contribution in [-0.4, -0.2) is 41.8 Å². The van der Waals surface area contributed by atoms with E-state index < -0.39 is 5.97 Å². The number of likely N-dealkylation sites (N-methyl/N-ethyl adjacent to an activating group) is 1. The van der Waals surface area contributed by atoms with Crippen molar-refractivity contribution in [3.05, 3.63) is 12.2 Å². The standard InChI is InChI=1S/C5H10N2O.C4H6O3/c1-2-7-4-3-6-5(7)8;1-3(2)4(5)7-6/h2-4H2,1H3,(H,6,8);6H,1H2,2H3. The van der Waals surface area contributed by atoms with Crippen molar-refractivity contribution in [2.24, 2.45) is 0 Å². The molecule has 1 saturated heterocycles. The smallest absolute Gasteiger partial charge is 0.336 e. The van der Waals surface area contributed by atoms with Gasteiger partial charge in [0, 0.05) is 25.2 Å². The summed E-state index contributed by atoms with van der Waals surface area (Å²) in [6.45, 7) is 9.12. The quantitative estimate of drug-likeness (QED) is 0.402. The Hall–Kier alpha value is -1.56. The van der Waals surface area contributed by atoms with Crippen LogP contribution in [0.2, 0.25) is 0 Å². The molecule has 0 saturated carbocycles. The third-order valence-corrected chi connectivity index (χ3v) is 1.76. The zero-order chi connectivity index (χ0) is 11.8. The Kier molecular flexibility index (Phi) is 6.12. The van der Waals surface area contributed by atoms with E-state index in [-0.39, 0.29) is 11.6 Å². The second-order valence-corrected chi connectivity index (χ2v) is 2.97. The van der Waals surface area contributed by atoms with Gasteiger partial charge in [0.25, 0.3) is 0 Å². The molecule has 0 atom stereocenters. The second-order valence-electron chi connectivity index (χ2n) is 2.97. The van der Waals surface area contributed by atoms with Crippen molar-refractivity contribution in [1.82, 2.24) is 10.2 Å². The van der Waals surface area contributed by atoms with Crippen LogP contribution in [-0.2, 0) is 9.68 Å². The van der Waals surface area contributed by atoms with Crippen LogP contribution < -0.4 is 5.32 Å². The predicted molar refractivity (Wildman–Crippen MR) is 54.2 cm³/mol. The SMILES string of the molecule is C=C(C)C(=O)OO.CCN1CCNC1=O. The maximum absolute atomic E-state index is 10.6. The molecule has 2 N–H and O–H groups in total. The molecular weight excluding hydrogens is 200 g/mol. The van der Waals surface area contributed by atoms with Gasteiger partial charge in [-0.3, -0.25) is 4.89 Å². The molecule has 15 heavy (non-hydrogen) atoms. The molecule has 1 fully saturated rings. The van der Waals surface area contributed by atoms with E-state index in [1.807, 2.05) is 6.92 Å². The summed E-state index contributed by atoms with van der Waals surface area (Å²) in [4.78, 5) is 25.6. The minimum Gasteiger partial charge on any atom is -0.336 e. The Morgan fingerprint density at radius 2 is 2.33 bits per heavy atom. The highest BCUT2D eigenvalue weighted by atomic mass is 17.1.